The molecule has 6 heteroatoms. The zero-order valence-corrected chi connectivity index (χ0v) is 16.2. The van der Waals surface area contributed by atoms with Crippen LogP contribution in [-0.4, -0.2) is 25.4 Å². The first-order valence-corrected chi connectivity index (χ1v) is 9.26. The summed E-state index contributed by atoms with van der Waals surface area (Å²) in [6.45, 7) is 1.90. The molecule has 0 fully saturated rings. The van der Waals surface area contributed by atoms with Crippen LogP contribution < -0.4 is 14.8 Å². The Morgan fingerprint density at radius 3 is 2.42 bits per heavy atom. The number of hydrogen-bond donors (Lipinski definition) is 1. The van der Waals surface area contributed by atoms with E-state index in [1.54, 1.807) is 44.2 Å². The molecule has 0 radical (unpaired) electrons. The Labute approximate surface area is 155 Å². The molecular formula is C18H20BrNO3S. The van der Waals surface area contributed by atoms with Crippen molar-refractivity contribution in [3.8, 4) is 11.5 Å². The summed E-state index contributed by atoms with van der Waals surface area (Å²) in [5.74, 6) is 1.97. The molecule has 0 saturated carbocycles. The molecule has 1 amide bonds. The molecule has 0 aliphatic rings. The summed E-state index contributed by atoms with van der Waals surface area (Å²) >= 11 is 5.01. The van der Waals surface area contributed by atoms with E-state index in [1.165, 1.54) is 5.56 Å². The van der Waals surface area contributed by atoms with Gasteiger partial charge in [0.25, 0.3) is 0 Å². The zero-order valence-electron chi connectivity index (χ0n) is 13.8. The third-order valence-electron chi connectivity index (χ3n) is 3.43. The number of halogens is 1. The normalized spacial score (nSPS) is 11.7. The number of carbonyl (C=O) groups is 1. The predicted molar refractivity (Wildman–Crippen MR) is 103 cm³/mol. The number of methoxy groups -OCH3 is 2. The zero-order chi connectivity index (χ0) is 17.5. The van der Waals surface area contributed by atoms with Crippen LogP contribution in [0.15, 0.2) is 46.9 Å². The molecule has 1 atom stereocenters. The Hall–Kier alpha value is -1.66. The van der Waals surface area contributed by atoms with E-state index >= 15 is 0 Å². The highest BCUT2D eigenvalue weighted by molar-refractivity contribution is 9.10. The topological polar surface area (TPSA) is 47.6 Å². The fourth-order valence-electron chi connectivity index (χ4n) is 2.04. The van der Waals surface area contributed by atoms with Crippen LogP contribution in [0.4, 0.5) is 5.69 Å². The van der Waals surface area contributed by atoms with Gasteiger partial charge in [-0.05, 0) is 36.8 Å². The standard InChI is InChI=1S/C18H20BrNO3S/c1-12(24-11-13-4-6-14(19)7-5-13)18(21)20-15-8-9-16(22-2)17(10-15)23-3/h4-10,12H,11H2,1-3H3,(H,20,21). The van der Waals surface area contributed by atoms with E-state index in [1.807, 2.05) is 19.1 Å². The minimum Gasteiger partial charge on any atom is -0.493 e. The molecule has 2 aromatic carbocycles. The van der Waals surface area contributed by atoms with E-state index in [9.17, 15) is 4.79 Å². The van der Waals surface area contributed by atoms with Crippen molar-refractivity contribution in [2.24, 2.45) is 0 Å². The lowest BCUT2D eigenvalue weighted by Crippen LogP contribution is -2.22. The molecular weight excluding hydrogens is 390 g/mol. The maximum absolute atomic E-state index is 12.3. The van der Waals surface area contributed by atoms with Crippen LogP contribution in [0.5, 0.6) is 11.5 Å². The van der Waals surface area contributed by atoms with Crippen LogP contribution in [0.25, 0.3) is 0 Å². The largest absolute Gasteiger partial charge is 0.493 e. The molecule has 0 saturated heterocycles. The third-order valence-corrected chi connectivity index (χ3v) is 5.18. The molecule has 0 bridgehead atoms. The van der Waals surface area contributed by atoms with Crippen molar-refractivity contribution in [3.63, 3.8) is 0 Å². The summed E-state index contributed by atoms with van der Waals surface area (Å²) < 4.78 is 11.5. The van der Waals surface area contributed by atoms with Gasteiger partial charge in [0.1, 0.15) is 0 Å². The van der Waals surface area contributed by atoms with Gasteiger partial charge < -0.3 is 14.8 Å². The molecule has 0 aromatic heterocycles. The van der Waals surface area contributed by atoms with Crippen LogP contribution in [0.2, 0.25) is 0 Å². The number of benzene rings is 2. The van der Waals surface area contributed by atoms with Crippen LogP contribution in [-0.2, 0) is 10.5 Å². The van der Waals surface area contributed by atoms with Gasteiger partial charge in [-0.25, -0.2) is 0 Å². The summed E-state index contributed by atoms with van der Waals surface area (Å²) in [7, 11) is 3.15. The molecule has 0 spiro atoms. The molecule has 2 rings (SSSR count). The molecule has 24 heavy (non-hydrogen) atoms. The fourth-order valence-corrected chi connectivity index (χ4v) is 3.14. The lowest BCUT2D eigenvalue weighted by atomic mass is 10.2. The Bertz CT molecular complexity index is 691. The monoisotopic (exact) mass is 409 g/mol. The Morgan fingerprint density at radius 2 is 1.79 bits per heavy atom. The van der Waals surface area contributed by atoms with Crippen molar-refractivity contribution in [1.82, 2.24) is 0 Å². The van der Waals surface area contributed by atoms with Crippen LogP contribution in [0.1, 0.15) is 12.5 Å². The Kier molecular flexibility index (Phi) is 6.99. The second-order valence-corrected chi connectivity index (χ2v) is 7.38. The number of nitrogens with one attached hydrogen (secondary N) is 1. The van der Waals surface area contributed by atoms with Crippen LogP contribution >= 0.6 is 27.7 Å². The molecule has 0 aliphatic carbocycles. The molecule has 1 unspecified atom stereocenters. The highest BCUT2D eigenvalue weighted by Gasteiger charge is 2.15. The maximum atomic E-state index is 12.3. The Balaban J connectivity index is 1.92. The van der Waals surface area contributed by atoms with Crippen molar-refractivity contribution in [1.29, 1.82) is 0 Å². The third kappa shape index (κ3) is 5.18. The van der Waals surface area contributed by atoms with Gasteiger partial charge in [-0.2, -0.15) is 0 Å². The van der Waals surface area contributed by atoms with Gasteiger partial charge in [-0.15, -0.1) is 11.8 Å². The van der Waals surface area contributed by atoms with Crippen molar-refractivity contribution in [2.75, 3.05) is 19.5 Å². The van der Waals surface area contributed by atoms with E-state index in [4.69, 9.17) is 9.47 Å². The first-order chi connectivity index (χ1) is 11.5. The SMILES string of the molecule is COc1ccc(NC(=O)C(C)SCc2ccc(Br)cc2)cc1OC. The lowest BCUT2D eigenvalue weighted by Gasteiger charge is -2.14. The van der Waals surface area contributed by atoms with Gasteiger partial charge in [0.2, 0.25) is 5.91 Å². The summed E-state index contributed by atoms with van der Waals surface area (Å²) in [6.07, 6.45) is 0. The minimum atomic E-state index is -0.165. The minimum absolute atomic E-state index is 0.0377. The number of anilines is 1. The van der Waals surface area contributed by atoms with Gasteiger partial charge in [0.15, 0.2) is 11.5 Å². The first-order valence-electron chi connectivity index (χ1n) is 7.42. The van der Waals surface area contributed by atoms with Crippen molar-refractivity contribution >= 4 is 39.3 Å². The number of carbonyl (C=O) groups excluding carboxylic acids is 1. The van der Waals surface area contributed by atoms with Gasteiger partial charge in [-0.3, -0.25) is 4.79 Å². The highest BCUT2D eigenvalue weighted by Crippen LogP contribution is 2.30. The molecule has 0 heterocycles. The van der Waals surface area contributed by atoms with Gasteiger partial charge in [-0.1, -0.05) is 28.1 Å². The van der Waals surface area contributed by atoms with Gasteiger partial charge >= 0.3 is 0 Å². The molecule has 1 N–H and O–H groups in total. The van der Waals surface area contributed by atoms with E-state index in [0.717, 1.165) is 10.2 Å². The number of thioether (sulfide) groups is 1. The van der Waals surface area contributed by atoms with E-state index in [2.05, 4.69) is 33.4 Å². The van der Waals surface area contributed by atoms with E-state index < -0.39 is 0 Å². The van der Waals surface area contributed by atoms with Crippen molar-refractivity contribution in [3.05, 3.63) is 52.5 Å². The average molecular weight is 410 g/mol. The fraction of sp³-hybridized carbons (Fsp3) is 0.278. The molecule has 128 valence electrons. The van der Waals surface area contributed by atoms with Gasteiger partial charge in [0.05, 0.1) is 19.5 Å². The summed E-state index contributed by atoms with van der Waals surface area (Å²) in [6, 6.07) is 13.4. The molecule has 0 aliphatic heterocycles. The van der Waals surface area contributed by atoms with Gasteiger partial charge in [0, 0.05) is 22.0 Å². The van der Waals surface area contributed by atoms with Crippen LogP contribution in [0, 0.1) is 0 Å². The van der Waals surface area contributed by atoms with E-state index in [0.29, 0.717) is 17.2 Å². The quantitative estimate of drug-likeness (QED) is 0.717. The first kappa shape index (κ1) is 18.7. The number of ether oxygens (including phenoxy) is 2. The smallest absolute Gasteiger partial charge is 0.237 e. The predicted octanol–water partition coefficient (Wildman–Crippen LogP) is 4.73. The molecule has 2 aromatic rings. The van der Waals surface area contributed by atoms with Crippen molar-refractivity contribution < 1.29 is 14.3 Å². The lowest BCUT2D eigenvalue weighted by molar-refractivity contribution is -0.115. The number of amides is 1. The van der Waals surface area contributed by atoms with Crippen LogP contribution in [0.3, 0.4) is 0 Å². The highest BCUT2D eigenvalue weighted by atomic mass is 79.9. The second kappa shape index (κ2) is 8.99. The number of hydrogen-bond acceptors (Lipinski definition) is 4. The Morgan fingerprint density at radius 1 is 1.12 bits per heavy atom. The average Bonchev–Trinajstić information content (AvgIpc) is 2.60. The summed E-state index contributed by atoms with van der Waals surface area (Å²) in [5, 5.41) is 2.75. The maximum Gasteiger partial charge on any atom is 0.237 e. The number of rotatable bonds is 7. The second-order valence-electron chi connectivity index (χ2n) is 5.14. The van der Waals surface area contributed by atoms with Crippen molar-refractivity contribution in [2.45, 2.75) is 17.9 Å². The summed E-state index contributed by atoms with van der Waals surface area (Å²) in [4.78, 5) is 12.3. The van der Waals surface area contributed by atoms with E-state index in [-0.39, 0.29) is 11.2 Å². The molecule has 4 nitrogen and oxygen atoms in total. The summed E-state index contributed by atoms with van der Waals surface area (Å²) in [5.41, 5.74) is 1.88.